The number of nitrogens with two attached hydrogens (primary N) is 1. The number of hydrogen-bond acceptors (Lipinski definition) is 5. The summed E-state index contributed by atoms with van der Waals surface area (Å²) >= 11 is 0. The molecule has 2 aliphatic heterocycles. The minimum Gasteiger partial charge on any atom is -0.462 e. The van der Waals surface area contributed by atoms with Gasteiger partial charge in [-0.1, -0.05) is 48.5 Å². The lowest BCUT2D eigenvalue weighted by Crippen LogP contribution is -2.31. The quantitative estimate of drug-likeness (QED) is 0.742. The van der Waals surface area contributed by atoms with Crippen LogP contribution in [0.15, 0.2) is 71.7 Å². The highest BCUT2D eigenvalue weighted by molar-refractivity contribution is 5.76. The number of benzene rings is 2. The molecule has 25 heavy (non-hydrogen) atoms. The molecule has 0 radical (unpaired) electrons. The first-order chi connectivity index (χ1) is 12.3. The SMILES string of the molecule is NC1=NC2(CO1)c1ccccc1Oc1nc(-c3ccccc3)ccc12. The van der Waals surface area contributed by atoms with E-state index in [-0.39, 0.29) is 6.02 Å². The first-order valence-corrected chi connectivity index (χ1v) is 8.09. The summed E-state index contributed by atoms with van der Waals surface area (Å²) in [5.41, 5.74) is 8.84. The molecular weight excluding hydrogens is 314 g/mol. The Hall–Kier alpha value is -3.34. The van der Waals surface area contributed by atoms with E-state index in [2.05, 4.69) is 4.99 Å². The van der Waals surface area contributed by atoms with Crippen LogP contribution >= 0.6 is 0 Å². The average molecular weight is 329 g/mol. The van der Waals surface area contributed by atoms with Crippen molar-refractivity contribution in [1.82, 2.24) is 4.98 Å². The molecule has 122 valence electrons. The van der Waals surface area contributed by atoms with E-state index in [9.17, 15) is 0 Å². The number of pyridine rings is 1. The lowest BCUT2D eigenvalue weighted by atomic mass is 9.82. The van der Waals surface area contributed by atoms with Gasteiger partial charge in [-0.3, -0.25) is 0 Å². The molecule has 1 aromatic heterocycles. The molecule has 2 aliphatic rings. The number of para-hydroxylation sites is 1. The first-order valence-electron chi connectivity index (χ1n) is 8.09. The van der Waals surface area contributed by atoms with Crippen molar-refractivity contribution in [3.05, 3.63) is 77.9 Å². The smallest absolute Gasteiger partial charge is 0.283 e. The number of hydrogen-bond donors (Lipinski definition) is 1. The van der Waals surface area contributed by atoms with Gasteiger partial charge in [-0.25, -0.2) is 9.98 Å². The molecule has 3 aromatic rings. The number of aromatic nitrogens is 1. The standard InChI is InChI=1S/C20H15N3O2/c21-19-23-20(12-24-19)14-8-4-5-9-17(14)25-18-15(20)10-11-16(22-18)13-6-2-1-3-7-13/h1-11H,12H2,(H2,21,23). The third-order valence-corrected chi connectivity index (χ3v) is 4.64. The van der Waals surface area contributed by atoms with E-state index in [0.717, 1.165) is 28.1 Å². The zero-order valence-electron chi connectivity index (χ0n) is 13.3. The largest absolute Gasteiger partial charge is 0.462 e. The number of ether oxygens (including phenoxy) is 2. The summed E-state index contributed by atoms with van der Waals surface area (Å²) in [6.07, 6.45) is 0. The van der Waals surface area contributed by atoms with Gasteiger partial charge in [-0.05, 0) is 18.2 Å². The van der Waals surface area contributed by atoms with Crippen molar-refractivity contribution in [2.75, 3.05) is 6.61 Å². The van der Waals surface area contributed by atoms with Crippen LogP contribution in [0.5, 0.6) is 11.6 Å². The molecule has 0 aliphatic carbocycles. The van der Waals surface area contributed by atoms with Crippen molar-refractivity contribution >= 4 is 6.02 Å². The number of amidine groups is 1. The van der Waals surface area contributed by atoms with Gasteiger partial charge in [0.25, 0.3) is 6.02 Å². The van der Waals surface area contributed by atoms with Crippen LogP contribution in [0, 0.1) is 0 Å². The van der Waals surface area contributed by atoms with Gasteiger partial charge < -0.3 is 15.2 Å². The molecule has 0 bridgehead atoms. The summed E-state index contributed by atoms with van der Waals surface area (Å²) in [6.45, 7) is 0.346. The maximum Gasteiger partial charge on any atom is 0.283 e. The Morgan fingerprint density at radius 2 is 1.68 bits per heavy atom. The van der Waals surface area contributed by atoms with Crippen LogP contribution in [0.1, 0.15) is 11.1 Å². The van der Waals surface area contributed by atoms with Crippen LogP contribution in [0.2, 0.25) is 0 Å². The second kappa shape index (κ2) is 5.08. The number of nitrogens with zero attached hydrogens (tertiary/aromatic N) is 2. The molecule has 2 aromatic carbocycles. The Balaban J connectivity index is 1.72. The Bertz CT molecular complexity index is 1000. The topological polar surface area (TPSA) is 69.7 Å². The van der Waals surface area contributed by atoms with Gasteiger partial charge in [0, 0.05) is 11.1 Å². The minimum atomic E-state index is -0.698. The zero-order valence-corrected chi connectivity index (χ0v) is 13.3. The third-order valence-electron chi connectivity index (χ3n) is 4.64. The van der Waals surface area contributed by atoms with E-state index in [1.165, 1.54) is 0 Å². The number of fused-ring (bicyclic) bond motifs is 4. The zero-order chi connectivity index (χ0) is 16.9. The first kappa shape index (κ1) is 14.0. The van der Waals surface area contributed by atoms with Gasteiger partial charge in [0.1, 0.15) is 12.4 Å². The highest BCUT2D eigenvalue weighted by atomic mass is 16.5. The summed E-state index contributed by atoms with van der Waals surface area (Å²) in [5, 5.41) is 0. The lowest BCUT2D eigenvalue weighted by Gasteiger charge is -2.32. The summed E-state index contributed by atoms with van der Waals surface area (Å²) < 4.78 is 11.6. The van der Waals surface area contributed by atoms with Crippen molar-refractivity contribution in [2.45, 2.75) is 5.54 Å². The monoisotopic (exact) mass is 329 g/mol. The predicted octanol–water partition coefficient (Wildman–Crippen LogP) is 3.44. The highest BCUT2D eigenvalue weighted by Crippen LogP contribution is 2.50. The Labute approximate surface area is 144 Å². The molecule has 0 fully saturated rings. The molecule has 5 nitrogen and oxygen atoms in total. The molecule has 3 heterocycles. The molecule has 0 amide bonds. The summed E-state index contributed by atoms with van der Waals surface area (Å²) in [5.74, 6) is 1.27. The van der Waals surface area contributed by atoms with Crippen molar-refractivity contribution < 1.29 is 9.47 Å². The second-order valence-electron chi connectivity index (χ2n) is 6.11. The van der Waals surface area contributed by atoms with E-state index in [1.807, 2.05) is 66.7 Å². The van der Waals surface area contributed by atoms with Gasteiger partial charge in [-0.2, -0.15) is 0 Å². The van der Waals surface area contributed by atoms with Crippen LogP contribution in [-0.2, 0) is 10.3 Å². The molecule has 1 unspecified atom stereocenters. The van der Waals surface area contributed by atoms with Crippen LogP contribution in [0.25, 0.3) is 11.3 Å². The molecule has 5 rings (SSSR count). The second-order valence-corrected chi connectivity index (χ2v) is 6.11. The van der Waals surface area contributed by atoms with Crippen LogP contribution in [0.4, 0.5) is 0 Å². The maximum atomic E-state index is 6.08. The predicted molar refractivity (Wildman–Crippen MR) is 94.5 cm³/mol. The molecule has 0 saturated carbocycles. The van der Waals surface area contributed by atoms with E-state index in [1.54, 1.807) is 0 Å². The van der Waals surface area contributed by atoms with E-state index in [4.69, 9.17) is 20.2 Å². The summed E-state index contributed by atoms with van der Waals surface area (Å²) in [4.78, 5) is 9.36. The van der Waals surface area contributed by atoms with Crippen LogP contribution in [0.3, 0.4) is 0 Å². The number of aliphatic imine (C=N–C) groups is 1. The third kappa shape index (κ3) is 2.02. The van der Waals surface area contributed by atoms with Gasteiger partial charge in [0.2, 0.25) is 5.88 Å². The fourth-order valence-corrected chi connectivity index (χ4v) is 3.46. The molecule has 5 heteroatoms. The summed E-state index contributed by atoms with van der Waals surface area (Å²) in [6, 6.07) is 22.0. The molecule has 1 spiro atoms. The van der Waals surface area contributed by atoms with Gasteiger partial charge >= 0.3 is 0 Å². The fraction of sp³-hybridized carbons (Fsp3) is 0.100. The van der Waals surface area contributed by atoms with Crippen molar-refractivity contribution in [1.29, 1.82) is 0 Å². The Kier molecular flexibility index (Phi) is 2.85. The lowest BCUT2D eigenvalue weighted by molar-refractivity contribution is 0.262. The van der Waals surface area contributed by atoms with E-state index < -0.39 is 5.54 Å². The fourth-order valence-electron chi connectivity index (χ4n) is 3.46. The van der Waals surface area contributed by atoms with Crippen molar-refractivity contribution in [3.63, 3.8) is 0 Å². The Morgan fingerprint density at radius 1 is 0.880 bits per heavy atom. The summed E-state index contributed by atoms with van der Waals surface area (Å²) in [7, 11) is 0. The van der Waals surface area contributed by atoms with E-state index in [0.29, 0.717) is 12.5 Å². The van der Waals surface area contributed by atoms with Gasteiger partial charge in [0.05, 0.1) is 11.3 Å². The van der Waals surface area contributed by atoms with Crippen LogP contribution < -0.4 is 10.5 Å². The molecular formula is C20H15N3O2. The maximum absolute atomic E-state index is 6.08. The van der Waals surface area contributed by atoms with E-state index >= 15 is 0 Å². The normalized spacial score (nSPS) is 20.2. The number of rotatable bonds is 1. The highest BCUT2D eigenvalue weighted by Gasteiger charge is 2.47. The van der Waals surface area contributed by atoms with Crippen molar-refractivity contribution in [3.8, 4) is 22.9 Å². The Morgan fingerprint density at radius 3 is 2.48 bits per heavy atom. The molecule has 2 N–H and O–H groups in total. The molecule has 0 saturated heterocycles. The van der Waals surface area contributed by atoms with Gasteiger partial charge in [0.15, 0.2) is 5.54 Å². The van der Waals surface area contributed by atoms with Crippen LogP contribution in [-0.4, -0.2) is 17.6 Å². The average Bonchev–Trinajstić information content (AvgIpc) is 3.05. The van der Waals surface area contributed by atoms with Gasteiger partial charge in [-0.15, -0.1) is 0 Å². The van der Waals surface area contributed by atoms with Crippen molar-refractivity contribution in [2.24, 2.45) is 10.7 Å². The molecule has 1 atom stereocenters. The minimum absolute atomic E-state index is 0.190.